The van der Waals surface area contributed by atoms with Crippen LogP contribution >= 0.6 is 0 Å². The summed E-state index contributed by atoms with van der Waals surface area (Å²) in [6.07, 6.45) is 0.420. The number of rotatable bonds is 4. The molecule has 0 aliphatic carbocycles. The van der Waals surface area contributed by atoms with Gasteiger partial charge < -0.3 is 15.6 Å². The van der Waals surface area contributed by atoms with Gasteiger partial charge in [0.1, 0.15) is 5.60 Å². The molecule has 1 aliphatic rings. The zero-order valence-electron chi connectivity index (χ0n) is 12.6. The molecule has 1 heterocycles. The van der Waals surface area contributed by atoms with E-state index in [1.807, 2.05) is 6.92 Å². The third-order valence-corrected chi connectivity index (χ3v) is 5.69. The summed E-state index contributed by atoms with van der Waals surface area (Å²) in [6, 6.07) is 1.77. The second-order valence-electron chi connectivity index (χ2n) is 5.71. The normalized spacial score (nSPS) is 22.7. The molecule has 1 aromatic rings. The summed E-state index contributed by atoms with van der Waals surface area (Å²) >= 11 is 0. The molecule has 0 bridgehead atoms. The molecule has 21 heavy (non-hydrogen) atoms. The van der Waals surface area contributed by atoms with Crippen LogP contribution in [0.3, 0.4) is 0 Å². The first-order chi connectivity index (χ1) is 9.66. The molecule has 6 nitrogen and oxygen atoms in total. The number of hydrogen-bond donors (Lipinski definition) is 3. The van der Waals surface area contributed by atoms with Crippen LogP contribution in [0, 0.1) is 20.8 Å². The van der Waals surface area contributed by atoms with Crippen LogP contribution in [-0.2, 0) is 14.8 Å². The summed E-state index contributed by atoms with van der Waals surface area (Å²) in [4.78, 5) is 0.197. The lowest BCUT2D eigenvalue weighted by molar-refractivity contribution is 0.0314. The van der Waals surface area contributed by atoms with Crippen LogP contribution in [0.15, 0.2) is 11.0 Å². The molecule has 0 amide bonds. The zero-order valence-corrected chi connectivity index (χ0v) is 13.4. The van der Waals surface area contributed by atoms with Gasteiger partial charge in [-0.05, 0) is 43.5 Å². The lowest BCUT2D eigenvalue weighted by Gasteiger charge is -2.22. The number of nitrogens with two attached hydrogens (primary N) is 1. The van der Waals surface area contributed by atoms with Gasteiger partial charge in [-0.15, -0.1) is 0 Å². The molecule has 0 saturated carbocycles. The van der Waals surface area contributed by atoms with Crippen molar-refractivity contribution in [3.8, 4) is 0 Å². The molecule has 7 heteroatoms. The van der Waals surface area contributed by atoms with Gasteiger partial charge in [-0.1, -0.05) is 0 Å². The van der Waals surface area contributed by atoms with Crippen LogP contribution in [0.1, 0.15) is 23.1 Å². The molecule has 1 aliphatic heterocycles. The molecule has 1 fully saturated rings. The van der Waals surface area contributed by atoms with E-state index >= 15 is 0 Å². The van der Waals surface area contributed by atoms with Gasteiger partial charge in [-0.25, -0.2) is 13.1 Å². The summed E-state index contributed by atoms with van der Waals surface area (Å²) < 4.78 is 32.7. The molecular weight excluding hydrogens is 292 g/mol. The fourth-order valence-corrected chi connectivity index (χ4v) is 4.17. The van der Waals surface area contributed by atoms with Crippen molar-refractivity contribution >= 4 is 15.7 Å². The maximum atomic E-state index is 12.6. The van der Waals surface area contributed by atoms with E-state index in [1.54, 1.807) is 19.9 Å². The fraction of sp³-hybridized carbons (Fsp3) is 0.571. The van der Waals surface area contributed by atoms with Crippen molar-refractivity contribution in [2.24, 2.45) is 0 Å². The van der Waals surface area contributed by atoms with Crippen LogP contribution < -0.4 is 10.5 Å². The molecular formula is C14H22N2O4S. The number of nitrogen functional groups attached to an aromatic ring is 1. The lowest BCUT2D eigenvalue weighted by Crippen LogP contribution is -2.43. The maximum absolute atomic E-state index is 12.6. The number of hydrogen-bond acceptors (Lipinski definition) is 5. The highest BCUT2D eigenvalue weighted by Gasteiger charge is 2.34. The average molecular weight is 314 g/mol. The van der Waals surface area contributed by atoms with Gasteiger partial charge in [0, 0.05) is 25.3 Å². The second-order valence-corrected chi connectivity index (χ2v) is 7.42. The van der Waals surface area contributed by atoms with Crippen molar-refractivity contribution in [3.63, 3.8) is 0 Å². The van der Waals surface area contributed by atoms with Crippen molar-refractivity contribution < 1.29 is 18.3 Å². The predicted octanol–water partition coefficient (Wildman–Crippen LogP) is 0.624. The van der Waals surface area contributed by atoms with Crippen molar-refractivity contribution in [3.05, 3.63) is 22.8 Å². The predicted molar refractivity (Wildman–Crippen MR) is 80.6 cm³/mol. The Morgan fingerprint density at radius 2 is 2.05 bits per heavy atom. The Morgan fingerprint density at radius 3 is 2.62 bits per heavy atom. The zero-order chi connectivity index (χ0) is 15.8. The summed E-state index contributed by atoms with van der Waals surface area (Å²) in [5, 5.41) is 10.2. The van der Waals surface area contributed by atoms with E-state index < -0.39 is 15.6 Å². The first-order valence-corrected chi connectivity index (χ1v) is 8.31. The van der Waals surface area contributed by atoms with E-state index in [0.717, 1.165) is 5.56 Å². The van der Waals surface area contributed by atoms with Gasteiger partial charge in [0.15, 0.2) is 0 Å². The van der Waals surface area contributed by atoms with E-state index in [2.05, 4.69) is 4.72 Å². The molecule has 118 valence electrons. The molecule has 0 spiro atoms. The van der Waals surface area contributed by atoms with Gasteiger partial charge in [0.05, 0.1) is 11.5 Å². The molecule has 0 radical (unpaired) electrons. The Kier molecular flexibility index (Phi) is 4.30. The standard InChI is InChI=1S/C14H22N2O4S/c1-9-6-12(15)11(3)13(10(9)2)21(18,19)16-7-14(17)4-5-20-8-14/h6,16-17H,4-5,7-8,15H2,1-3H3. The third-order valence-electron chi connectivity index (χ3n) is 4.02. The largest absolute Gasteiger partial charge is 0.398 e. The quantitative estimate of drug-likeness (QED) is 0.707. The van der Waals surface area contributed by atoms with Gasteiger partial charge in [-0.3, -0.25) is 0 Å². The Balaban J connectivity index is 2.32. The van der Waals surface area contributed by atoms with Gasteiger partial charge in [-0.2, -0.15) is 0 Å². The number of nitrogens with one attached hydrogen (secondary N) is 1. The van der Waals surface area contributed by atoms with E-state index in [0.29, 0.717) is 29.8 Å². The number of aryl methyl sites for hydroxylation is 1. The topological polar surface area (TPSA) is 102 Å². The Labute approximate surface area is 125 Å². The molecule has 0 aromatic heterocycles. The van der Waals surface area contributed by atoms with Gasteiger partial charge in [0.25, 0.3) is 0 Å². The third kappa shape index (κ3) is 3.21. The Morgan fingerprint density at radius 1 is 1.38 bits per heavy atom. The maximum Gasteiger partial charge on any atom is 0.241 e. The highest BCUT2D eigenvalue weighted by atomic mass is 32.2. The van der Waals surface area contributed by atoms with Crippen LogP contribution in [0.25, 0.3) is 0 Å². The average Bonchev–Trinajstić information content (AvgIpc) is 2.82. The lowest BCUT2D eigenvalue weighted by atomic mass is 10.1. The minimum atomic E-state index is -3.74. The summed E-state index contributed by atoms with van der Waals surface area (Å²) in [6.45, 7) is 5.77. The van der Waals surface area contributed by atoms with Crippen molar-refractivity contribution in [2.45, 2.75) is 37.7 Å². The molecule has 1 aromatic carbocycles. The highest BCUT2D eigenvalue weighted by molar-refractivity contribution is 7.89. The fourth-order valence-electron chi connectivity index (χ4n) is 2.48. The summed E-state index contributed by atoms with van der Waals surface area (Å²) in [5.41, 5.74) is 7.20. The number of ether oxygens (including phenoxy) is 1. The molecule has 1 saturated heterocycles. The summed E-state index contributed by atoms with van der Waals surface area (Å²) in [5.74, 6) is 0. The molecule has 2 rings (SSSR count). The number of benzene rings is 1. The van der Waals surface area contributed by atoms with Crippen LogP contribution in [-0.4, -0.2) is 38.9 Å². The number of anilines is 1. The van der Waals surface area contributed by atoms with Crippen molar-refractivity contribution in [1.29, 1.82) is 0 Å². The molecule has 1 atom stereocenters. The minimum Gasteiger partial charge on any atom is -0.398 e. The molecule has 4 N–H and O–H groups in total. The van der Waals surface area contributed by atoms with Crippen molar-refractivity contribution in [2.75, 3.05) is 25.5 Å². The number of aliphatic hydroxyl groups is 1. The second kappa shape index (κ2) is 5.57. The van der Waals surface area contributed by atoms with Crippen LogP contribution in [0.4, 0.5) is 5.69 Å². The van der Waals surface area contributed by atoms with Crippen LogP contribution in [0.5, 0.6) is 0 Å². The van der Waals surface area contributed by atoms with Gasteiger partial charge in [0.2, 0.25) is 10.0 Å². The monoisotopic (exact) mass is 314 g/mol. The SMILES string of the molecule is Cc1cc(N)c(C)c(S(=O)(=O)NCC2(O)CCOC2)c1C. The van der Waals surface area contributed by atoms with E-state index in [1.165, 1.54) is 0 Å². The first-order valence-electron chi connectivity index (χ1n) is 6.82. The van der Waals surface area contributed by atoms with Crippen LogP contribution in [0.2, 0.25) is 0 Å². The minimum absolute atomic E-state index is 0.0674. The Hall–Kier alpha value is -1.15. The first kappa shape index (κ1) is 16.2. The summed E-state index contributed by atoms with van der Waals surface area (Å²) in [7, 11) is -3.74. The molecule has 1 unspecified atom stereocenters. The van der Waals surface area contributed by atoms with Crippen molar-refractivity contribution in [1.82, 2.24) is 4.72 Å². The highest BCUT2D eigenvalue weighted by Crippen LogP contribution is 2.28. The number of sulfonamides is 1. The van der Waals surface area contributed by atoms with E-state index in [4.69, 9.17) is 10.5 Å². The van der Waals surface area contributed by atoms with E-state index in [-0.39, 0.29) is 18.0 Å². The van der Waals surface area contributed by atoms with Gasteiger partial charge >= 0.3 is 0 Å². The Bertz CT molecular complexity index is 623. The smallest absolute Gasteiger partial charge is 0.241 e. The van der Waals surface area contributed by atoms with E-state index in [9.17, 15) is 13.5 Å².